The fourth-order valence-electron chi connectivity index (χ4n) is 2.51. The molecule has 25 heavy (non-hydrogen) atoms. The number of aromatic amines is 1. The fourth-order valence-corrected chi connectivity index (χ4v) is 2.51. The van der Waals surface area contributed by atoms with Crippen LogP contribution in [0, 0.1) is 0 Å². The van der Waals surface area contributed by atoms with Crippen LogP contribution in [0.5, 0.6) is 0 Å². The number of fused-ring (bicyclic) bond motifs is 1. The Kier molecular flexibility index (Phi) is 5.74. The average Bonchev–Trinajstić information content (AvgIpc) is 2.56. The van der Waals surface area contributed by atoms with E-state index < -0.39 is 17.0 Å². The van der Waals surface area contributed by atoms with Crippen molar-refractivity contribution in [1.82, 2.24) is 20.0 Å². The molecule has 1 aromatic carbocycles. The summed E-state index contributed by atoms with van der Waals surface area (Å²) < 4.78 is 0.982. The number of nitrogens with zero attached hydrogens (tertiary/aromatic N) is 2. The first-order valence-electron chi connectivity index (χ1n) is 8.12. The van der Waals surface area contributed by atoms with Crippen molar-refractivity contribution in [2.45, 2.75) is 33.4 Å². The van der Waals surface area contributed by atoms with Crippen molar-refractivity contribution in [1.29, 1.82) is 0 Å². The maximum Gasteiger partial charge on any atom is 0.273 e. The first-order valence-corrected chi connectivity index (χ1v) is 8.12. The second-order valence-corrected chi connectivity index (χ2v) is 6.01. The van der Waals surface area contributed by atoms with Crippen LogP contribution in [0.4, 0.5) is 0 Å². The minimum Gasteiger partial charge on any atom is -0.352 e. The predicted octanol–water partition coefficient (Wildman–Crippen LogP) is 0.0629. The quantitative estimate of drug-likeness (QED) is 0.772. The number of carbonyl (C=O) groups is 2. The third-order valence-electron chi connectivity index (χ3n) is 3.70. The Morgan fingerprint density at radius 1 is 1.20 bits per heavy atom. The summed E-state index contributed by atoms with van der Waals surface area (Å²) in [6, 6.07) is 6.39. The van der Waals surface area contributed by atoms with E-state index in [0.29, 0.717) is 6.54 Å². The van der Waals surface area contributed by atoms with E-state index in [9.17, 15) is 19.2 Å². The normalized spacial score (nSPS) is 10.9. The maximum absolute atomic E-state index is 12.4. The number of benzene rings is 1. The zero-order valence-corrected chi connectivity index (χ0v) is 14.5. The van der Waals surface area contributed by atoms with Crippen LogP contribution in [0.2, 0.25) is 0 Å². The van der Waals surface area contributed by atoms with Crippen LogP contribution < -0.4 is 16.4 Å². The van der Waals surface area contributed by atoms with E-state index in [0.717, 1.165) is 4.68 Å². The summed E-state index contributed by atoms with van der Waals surface area (Å²) in [6.07, 6.45) is 0. The number of nitrogens with one attached hydrogen (secondary N) is 2. The third-order valence-corrected chi connectivity index (χ3v) is 3.70. The van der Waals surface area contributed by atoms with Crippen molar-refractivity contribution in [3.63, 3.8) is 0 Å². The van der Waals surface area contributed by atoms with E-state index in [1.165, 1.54) is 4.90 Å². The van der Waals surface area contributed by atoms with Gasteiger partial charge in [-0.15, -0.1) is 0 Å². The van der Waals surface area contributed by atoms with Gasteiger partial charge in [0, 0.05) is 12.6 Å². The van der Waals surface area contributed by atoms with Gasteiger partial charge in [-0.2, -0.15) is 0 Å². The molecular formula is C17H22N4O4. The van der Waals surface area contributed by atoms with Gasteiger partial charge in [0.05, 0.1) is 17.3 Å². The van der Waals surface area contributed by atoms with E-state index in [2.05, 4.69) is 10.4 Å². The molecule has 2 rings (SSSR count). The second kappa shape index (κ2) is 7.78. The molecule has 1 aromatic heterocycles. The Balaban J connectivity index is 2.23. The van der Waals surface area contributed by atoms with Crippen LogP contribution in [-0.2, 0) is 16.1 Å². The zero-order chi connectivity index (χ0) is 18.6. The molecule has 2 amide bonds. The first kappa shape index (κ1) is 18.4. The lowest BCUT2D eigenvalue weighted by atomic mass is 10.2. The van der Waals surface area contributed by atoms with Gasteiger partial charge in [0.25, 0.3) is 11.1 Å². The Morgan fingerprint density at radius 3 is 2.44 bits per heavy atom. The van der Waals surface area contributed by atoms with E-state index in [4.69, 9.17) is 0 Å². The molecule has 2 N–H and O–H groups in total. The van der Waals surface area contributed by atoms with Gasteiger partial charge in [0.1, 0.15) is 6.54 Å². The second-order valence-electron chi connectivity index (χ2n) is 6.01. The van der Waals surface area contributed by atoms with Crippen molar-refractivity contribution in [3.05, 3.63) is 45.0 Å². The Bertz CT molecular complexity index is 897. The molecule has 0 atom stereocenters. The molecule has 0 spiro atoms. The average molecular weight is 346 g/mol. The molecule has 8 heteroatoms. The van der Waals surface area contributed by atoms with Crippen molar-refractivity contribution in [2.24, 2.45) is 0 Å². The number of H-pyrrole nitrogens is 1. The van der Waals surface area contributed by atoms with Gasteiger partial charge >= 0.3 is 0 Å². The Morgan fingerprint density at radius 2 is 1.84 bits per heavy atom. The van der Waals surface area contributed by atoms with Crippen molar-refractivity contribution in [2.75, 3.05) is 13.1 Å². The van der Waals surface area contributed by atoms with Gasteiger partial charge in [0.15, 0.2) is 0 Å². The molecule has 0 aliphatic rings. The molecular weight excluding hydrogens is 324 g/mol. The van der Waals surface area contributed by atoms with Crippen LogP contribution >= 0.6 is 0 Å². The summed E-state index contributed by atoms with van der Waals surface area (Å²) in [5.74, 6) is -0.695. The van der Waals surface area contributed by atoms with Gasteiger partial charge in [-0.3, -0.25) is 24.3 Å². The molecule has 0 bridgehead atoms. The summed E-state index contributed by atoms with van der Waals surface area (Å²) in [7, 11) is 0. The highest BCUT2D eigenvalue weighted by atomic mass is 16.2. The van der Waals surface area contributed by atoms with E-state index >= 15 is 0 Å². The van der Waals surface area contributed by atoms with Gasteiger partial charge < -0.3 is 10.2 Å². The summed E-state index contributed by atoms with van der Waals surface area (Å²) >= 11 is 0. The van der Waals surface area contributed by atoms with Gasteiger partial charge in [0.2, 0.25) is 11.8 Å². The minimum atomic E-state index is -0.453. The van der Waals surface area contributed by atoms with E-state index in [1.807, 2.05) is 13.8 Å². The number of likely N-dealkylation sites (N-methyl/N-ethyl adjacent to an activating group) is 1. The van der Waals surface area contributed by atoms with Crippen LogP contribution in [0.25, 0.3) is 10.8 Å². The molecule has 0 unspecified atom stereocenters. The molecule has 134 valence electrons. The molecule has 0 aliphatic carbocycles. The Labute approximate surface area is 144 Å². The minimum absolute atomic E-state index is 0.0271. The number of hydrogen-bond acceptors (Lipinski definition) is 4. The molecule has 2 aromatic rings. The standard InChI is InChI=1S/C17H22N4O4/c1-4-20(9-14(22)18-11(2)3)15(23)10-21-17(25)13-8-6-5-7-12(13)16(24)19-21/h5-8,11H,4,9-10H2,1-3H3,(H,18,22)(H,19,24). The maximum atomic E-state index is 12.4. The highest BCUT2D eigenvalue weighted by Gasteiger charge is 2.18. The molecule has 1 heterocycles. The van der Waals surface area contributed by atoms with E-state index in [1.54, 1.807) is 31.2 Å². The third kappa shape index (κ3) is 4.34. The van der Waals surface area contributed by atoms with Crippen molar-refractivity contribution >= 4 is 22.6 Å². The van der Waals surface area contributed by atoms with Gasteiger partial charge in [-0.05, 0) is 32.9 Å². The lowest BCUT2D eigenvalue weighted by Crippen LogP contribution is -2.45. The van der Waals surface area contributed by atoms with Crippen LogP contribution in [0.1, 0.15) is 20.8 Å². The summed E-state index contributed by atoms with van der Waals surface area (Å²) in [4.78, 5) is 50.1. The van der Waals surface area contributed by atoms with Crippen molar-refractivity contribution < 1.29 is 9.59 Å². The molecule has 0 radical (unpaired) electrons. The molecule has 0 fully saturated rings. The van der Waals surface area contributed by atoms with Crippen LogP contribution in [0.3, 0.4) is 0 Å². The first-order chi connectivity index (χ1) is 11.8. The van der Waals surface area contributed by atoms with Crippen molar-refractivity contribution in [3.8, 4) is 0 Å². The van der Waals surface area contributed by atoms with Crippen LogP contribution in [-0.4, -0.2) is 45.6 Å². The summed E-state index contributed by atoms with van der Waals surface area (Å²) in [5, 5.41) is 5.65. The topological polar surface area (TPSA) is 104 Å². The number of aromatic nitrogens is 2. The van der Waals surface area contributed by atoms with Crippen LogP contribution in [0.15, 0.2) is 33.9 Å². The number of amides is 2. The lowest BCUT2D eigenvalue weighted by molar-refractivity contribution is -0.136. The molecule has 8 nitrogen and oxygen atoms in total. The fraction of sp³-hybridized carbons (Fsp3) is 0.412. The summed E-state index contributed by atoms with van der Waals surface area (Å²) in [6.45, 7) is 5.29. The lowest BCUT2D eigenvalue weighted by Gasteiger charge is -2.21. The number of carbonyl (C=O) groups excluding carboxylic acids is 2. The smallest absolute Gasteiger partial charge is 0.273 e. The number of rotatable bonds is 6. The highest BCUT2D eigenvalue weighted by Crippen LogP contribution is 2.02. The summed E-state index contributed by atoms with van der Waals surface area (Å²) in [5.41, 5.74) is -0.894. The van der Waals surface area contributed by atoms with Gasteiger partial charge in [-0.25, -0.2) is 4.68 Å². The predicted molar refractivity (Wildman–Crippen MR) is 94.4 cm³/mol. The Hall–Kier alpha value is -2.90. The molecule has 0 saturated carbocycles. The zero-order valence-electron chi connectivity index (χ0n) is 14.5. The molecule has 0 saturated heterocycles. The molecule has 0 aliphatic heterocycles. The largest absolute Gasteiger partial charge is 0.352 e. The number of hydrogen-bond donors (Lipinski definition) is 2. The van der Waals surface area contributed by atoms with E-state index in [-0.39, 0.29) is 35.8 Å². The van der Waals surface area contributed by atoms with Gasteiger partial charge in [-0.1, -0.05) is 12.1 Å². The highest BCUT2D eigenvalue weighted by molar-refractivity contribution is 5.85. The SMILES string of the molecule is CCN(CC(=O)NC(C)C)C(=O)Cn1[nH]c(=O)c2ccccc2c1=O. The monoisotopic (exact) mass is 346 g/mol.